The second-order valence-electron chi connectivity index (χ2n) is 13.6. The van der Waals surface area contributed by atoms with E-state index < -0.39 is 0 Å². The van der Waals surface area contributed by atoms with Gasteiger partial charge in [-0.05, 0) is 98.1 Å². The van der Waals surface area contributed by atoms with Crippen LogP contribution in [0.4, 0.5) is 17.1 Å². The SMILES string of the molecule is CC1(C)c2ccccc2-c2ccc(N3c4ccc(Br)cc4C(C)(C)c4cc5c(cc43)C(C)(C)c3ccccc3-5)cc21. The molecule has 5 aromatic carbocycles. The highest BCUT2D eigenvalue weighted by molar-refractivity contribution is 9.10. The van der Waals surface area contributed by atoms with Crippen LogP contribution in [0.1, 0.15) is 74.9 Å². The number of benzene rings is 5. The molecule has 2 aliphatic carbocycles. The minimum Gasteiger partial charge on any atom is -0.310 e. The van der Waals surface area contributed by atoms with Crippen molar-refractivity contribution in [2.75, 3.05) is 4.90 Å². The van der Waals surface area contributed by atoms with Gasteiger partial charge in [0.05, 0.1) is 11.4 Å². The molecule has 1 nitrogen and oxygen atoms in total. The molecule has 0 saturated heterocycles. The number of halogens is 1. The fourth-order valence-electron chi connectivity index (χ4n) is 8.01. The van der Waals surface area contributed by atoms with Crippen molar-refractivity contribution in [3.63, 3.8) is 0 Å². The van der Waals surface area contributed by atoms with Crippen LogP contribution in [-0.4, -0.2) is 0 Å². The average Bonchev–Trinajstić information content (AvgIpc) is 3.32. The molecule has 2 heteroatoms. The fraction of sp³-hybridized carbons (Fsp3) is 0.231. The molecule has 202 valence electrons. The summed E-state index contributed by atoms with van der Waals surface area (Å²) in [6.45, 7) is 14.3. The van der Waals surface area contributed by atoms with Crippen LogP contribution in [0.25, 0.3) is 22.3 Å². The first kappa shape index (κ1) is 25.1. The number of rotatable bonds is 1. The Morgan fingerprint density at radius 2 is 0.976 bits per heavy atom. The second kappa shape index (κ2) is 8.01. The molecule has 1 heterocycles. The lowest BCUT2D eigenvalue weighted by atomic mass is 9.71. The van der Waals surface area contributed by atoms with E-state index in [1.54, 1.807) is 0 Å². The molecular weight excluding hydrogens is 562 g/mol. The van der Waals surface area contributed by atoms with Crippen LogP contribution in [-0.2, 0) is 16.2 Å². The van der Waals surface area contributed by atoms with Gasteiger partial charge in [0.2, 0.25) is 0 Å². The normalized spacial score (nSPS) is 17.7. The van der Waals surface area contributed by atoms with Crippen molar-refractivity contribution < 1.29 is 0 Å². The summed E-state index contributed by atoms with van der Waals surface area (Å²) in [5.41, 5.74) is 17.3. The monoisotopic (exact) mass is 595 g/mol. The Bertz CT molecular complexity index is 1940. The van der Waals surface area contributed by atoms with Crippen LogP contribution in [0, 0.1) is 0 Å². The standard InChI is InChI=1S/C39H34BrN/c1-37(2)29-13-9-7-11-25(29)27-17-16-24(20-31(27)37)41-35-18-15-23(40)19-33(35)39(5,6)34-21-28-26-12-8-10-14-30(26)38(3,4)32(28)22-36(34)41/h7-22H,1-6H3. The van der Waals surface area contributed by atoms with Crippen LogP contribution >= 0.6 is 15.9 Å². The molecule has 0 saturated carbocycles. The Labute approximate surface area is 252 Å². The molecule has 0 N–H and O–H groups in total. The quantitative estimate of drug-likeness (QED) is 0.186. The maximum atomic E-state index is 3.80. The Kier molecular flexibility index (Phi) is 4.91. The van der Waals surface area contributed by atoms with Crippen molar-refractivity contribution in [3.8, 4) is 22.3 Å². The predicted octanol–water partition coefficient (Wildman–Crippen LogP) is 11.2. The van der Waals surface area contributed by atoms with Gasteiger partial charge in [0, 0.05) is 26.4 Å². The topological polar surface area (TPSA) is 3.24 Å². The Morgan fingerprint density at radius 1 is 0.439 bits per heavy atom. The highest BCUT2D eigenvalue weighted by Gasteiger charge is 2.43. The molecule has 8 rings (SSSR count). The number of hydrogen-bond donors (Lipinski definition) is 0. The molecule has 0 radical (unpaired) electrons. The van der Waals surface area contributed by atoms with Gasteiger partial charge in [0.25, 0.3) is 0 Å². The molecule has 0 aromatic heterocycles. The predicted molar refractivity (Wildman–Crippen MR) is 176 cm³/mol. The zero-order chi connectivity index (χ0) is 28.5. The third-order valence-electron chi connectivity index (χ3n) is 10.3. The number of fused-ring (bicyclic) bond motifs is 8. The van der Waals surface area contributed by atoms with Crippen molar-refractivity contribution in [1.82, 2.24) is 0 Å². The summed E-state index contributed by atoms with van der Waals surface area (Å²) >= 11 is 3.80. The molecular formula is C39H34BrN. The Balaban J connectivity index is 1.41. The van der Waals surface area contributed by atoms with E-state index in [1.807, 2.05) is 0 Å². The van der Waals surface area contributed by atoms with E-state index in [1.165, 1.54) is 72.7 Å². The number of anilines is 3. The summed E-state index contributed by atoms with van der Waals surface area (Å²) in [4.78, 5) is 2.53. The smallest absolute Gasteiger partial charge is 0.0506 e. The van der Waals surface area contributed by atoms with Crippen LogP contribution < -0.4 is 4.90 Å². The molecule has 1 aliphatic heterocycles. The van der Waals surface area contributed by atoms with Crippen molar-refractivity contribution in [1.29, 1.82) is 0 Å². The van der Waals surface area contributed by atoms with Gasteiger partial charge in [-0.15, -0.1) is 0 Å². The second-order valence-corrected chi connectivity index (χ2v) is 14.5. The first-order valence-electron chi connectivity index (χ1n) is 14.6. The van der Waals surface area contributed by atoms with Gasteiger partial charge >= 0.3 is 0 Å². The maximum absolute atomic E-state index is 3.80. The highest BCUT2D eigenvalue weighted by Crippen LogP contribution is 2.58. The molecule has 41 heavy (non-hydrogen) atoms. The summed E-state index contributed by atoms with van der Waals surface area (Å²) in [5, 5.41) is 0. The molecule has 0 atom stereocenters. The maximum Gasteiger partial charge on any atom is 0.0506 e. The molecule has 3 aliphatic rings. The lowest BCUT2D eigenvalue weighted by Gasteiger charge is -2.43. The van der Waals surface area contributed by atoms with Gasteiger partial charge in [0.1, 0.15) is 0 Å². The van der Waals surface area contributed by atoms with E-state index in [2.05, 4.69) is 159 Å². The van der Waals surface area contributed by atoms with Gasteiger partial charge in [0.15, 0.2) is 0 Å². The van der Waals surface area contributed by atoms with Crippen molar-refractivity contribution in [3.05, 3.63) is 135 Å². The summed E-state index contributed by atoms with van der Waals surface area (Å²) in [6.07, 6.45) is 0. The fourth-order valence-corrected chi connectivity index (χ4v) is 8.37. The van der Waals surface area contributed by atoms with Gasteiger partial charge < -0.3 is 4.90 Å². The highest BCUT2D eigenvalue weighted by atomic mass is 79.9. The largest absolute Gasteiger partial charge is 0.310 e. The zero-order valence-electron chi connectivity index (χ0n) is 24.6. The van der Waals surface area contributed by atoms with E-state index in [-0.39, 0.29) is 16.2 Å². The molecule has 0 bridgehead atoms. The molecule has 0 amide bonds. The Morgan fingerprint density at radius 3 is 1.66 bits per heavy atom. The van der Waals surface area contributed by atoms with Gasteiger partial charge in [-0.2, -0.15) is 0 Å². The van der Waals surface area contributed by atoms with E-state index in [4.69, 9.17) is 0 Å². The van der Waals surface area contributed by atoms with Crippen molar-refractivity contribution in [2.45, 2.75) is 57.8 Å². The van der Waals surface area contributed by atoms with Gasteiger partial charge in [-0.25, -0.2) is 0 Å². The third-order valence-corrected chi connectivity index (χ3v) is 10.8. The summed E-state index contributed by atoms with van der Waals surface area (Å²) in [7, 11) is 0. The zero-order valence-corrected chi connectivity index (χ0v) is 26.1. The lowest BCUT2D eigenvalue weighted by Crippen LogP contribution is -2.31. The first-order valence-corrected chi connectivity index (χ1v) is 15.4. The van der Waals surface area contributed by atoms with Crippen molar-refractivity contribution in [2.24, 2.45) is 0 Å². The summed E-state index contributed by atoms with van der Waals surface area (Å²) in [5.74, 6) is 0. The Hall–Kier alpha value is -3.62. The van der Waals surface area contributed by atoms with E-state index in [9.17, 15) is 0 Å². The molecule has 0 spiro atoms. The summed E-state index contributed by atoms with van der Waals surface area (Å²) in [6, 6.07) is 36.8. The lowest BCUT2D eigenvalue weighted by molar-refractivity contribution is 0.626. The molecule has 0 fully saturated rings. The van der Waals surface area contributed by atoms with Gasteiger partial charge in [-0.1, -0.05) is 112 Å². The van der Waals surface area contributed by atoms with Crippen LogP contribution in [0.2, 0.25) is 0 Å². The van der Waals surface area contributed by atoms with Crippen molar-refractivity contribution >= 4 is 33.0 Å². The van der Waals surface area contributed by atoms with E-state index in [0.29, 0.717) is 0 Å². The number of nitrogens with zero attached hydrogens (tertiary/aromatic N) is 1. The van der Waals surface area contributed by atoms with Crippen LogP contribution in [0.3, 0.4) is 0 Å². The summed E-state index contributed by atoms with van der Waals surface area (Å²) < 4.78 is 1.12. The minimum atomic E-state index is -0.159. The molecule has 0 unspecified atom stereocenters. The van der Waals surface area contributed by atoms with Crippen LogP contribution in [0.15, 0.2) is 102 Å². The van der Waals surface area contributed by atoms with E-state index in [0.717, 1.165) is 4.47 Å². The minimum absolute atomic E-state index is 0.0516. The molecule has 5 aromatic rings. The van der Waals surface area contributed by atoms with E-state index >= 15 is 0 Å². The third kappa shape index (κ3) is 3.17. The average molecular weight is 597 g/mol. The van der Waals surface area contributed by atoms with Crippen LogP contribution in [0.5, 0.6) is 0 Å². The number of hydrogen-bond acceptors (Lipinski definition) is 1. The van der Waals surface area contributed by atoms with Gasteiger partial charge in [-0.3, -0.25) is 0 Å². The first-order chi connectivity index (χ1) is 19.5.